The molecule has 0 heterocycles. The summed E-state index contributed by atoms with van der Waals surface area (Å²) in [7, 11) is 1.36. The molecule has 0 fully saturated rings. The Hall–Kier alpha value is -1.31. The lowest BCUT2D eigenvalue weighted by molar-refractivity contribution is -0.188. The number of rotatable bonds is 7. The van der Waals surface area contributed by atoms with Gasteiger partial charge < -0.3 is 14.5 Å². The number of nitrogens with zero attached hydrogens (tertiary/aromatic N) is 2. The normalized spacial score (nSPS) is 12.9. The Morgan fingerprint density at radius 1 is 1.20 bits per heavy atom. The van der Waals surface area contributed by atoms with Gasteiger partial charge in [0.05, 0.1) is 6.54 Å². The number of likely N-dealkylation sites (N-methyl/N-ethyl adjacent to an activating group) is 2. The first-order chi connectivity index (χ1) is 9.12. The van der Waals surface area contributed by atoms with Crippen LogP contribution in [0.4, 0.5) is 13.2 Å². The molecule has 0 aromatic carbocycles. The Balaban J connectivity index is 4.36. The summed E-state index contributed by atoms with van der Waals surface area (Å²) in [5.74, 6) is -0.913. The fourth-order valence-electron chi connectivity index (χ4n) is 1.56. The molecule has 0 spiro atoms. The number of hydrogen-bond acceptors (Lipinski definition) is 3. The van der Waals surface area contributed by atoms with Crippen LogP contribution >= 0.6 is 0 Å². The molecule has 0 rings (SSSR count). The van der Waals surface area contributed by atoms with Crippen molar-refractivity contribution in [3.63, 3.8) is 0 Å². The highest BCUT2D eigenvalue weighted by atomic mass is 19.4. The monoisotopic (exact) mass is 298 g/mol. The van der Waals surface area contributed by atoms with E-state index in [0.29, 0.717) is 13.1 Å². The maximum Gasteiger partial charge on any atom is 0.411 e. The van der Waals surface area contributed by atoms with Crippen LogP contribution < -0.4 is 0 Å². The summed E-state index contributed by atoms with van der Waals surface area (Å²) < 4.78 is 40.4. The number of carbonyl (C=O) groups excluding carboxylic acids is 2. The fourth-order valence-corrected chi connectivity index (χ4v) is 1.56. The first kappa shape index (κ1) is 18.7. The zero-order valence-electron chi connectivity index (χ0n) is 12.2. The Morgan fingerprint density at radius 2 is 1.70 bits per heavy atom. The molecule has 0 aliphatic rings. The third-order valence-electron chi connectivity index (χ3n) is 2.71. The van der Waals surface area contributed by atoms with Crippen molar-refractivity contribution in [2.24, 2.45) is 0 Å². The molecular formula is C12H21F3N2O3. The van der Waals surface area contributed by atoms with E-state index in [2.05, 4.69) is 4.74 Å². The van der Waals surface area contributed by atoms with E-state index in [4.69, 9.17) is 0 Å². The maximum absolute atomic E-state index is 12.0. The Kier molecular flexibility index (Phi) is 7.55. The summed E-state index contributed by atoms with van der Waals surface area (Å²) in [6, 6.07) is 0. The highest BCUT2D eigenvalue weighted by molar-refractivity contribution is 5.86. The number of ether oxygens (including phenoxy) is 1. The van der Waals surface area contributed by atoms with Gasteiger partial charge in [-0.3, -0.25) is 9.59 Å². The topological polar surface area (TPSA) is 49.9 Å². The van der Waals surface area contributed by atoms with Gasteiger partial charge >= 0.3 is 6.18 Å². The third-order valence-corrected chi connectivity index (χ3v) is 2.71. The molecule has 0 saturated heterocycles. The Bertz CT molecular complexity index is 330. The van der Waals surface area contributed by atoms with E-state index in [1.165, 1.54) is 18.9 Å². The largest absolute Gasteiger partial charge is 0.411 e. The lowest BCUT2D eigenvalue weighted by atomic mass is 10.3. The molecule has 1 atom stereocenters. The molecule has 8 heteroatoms. The highest BCUT2D eigenvalue weighted by Crippen LogP contribution is 2.15. The van der Waals surface area contributed by atoms with E-state index in [1.54, 1.807) is 13.8 Å². The van der Waals surface area contributed by atoms with Crippen molar-refractivity contribution in [2.45, 2.75) is 33.1 Å². The quantitative estimate of drug-likeness (QED) is 0.711. The van der Waals surface area contributed by atoms with Crippen LogP contribution in [-0.4, -0.2) is 67.2 Å². The number of amides is 2. The minimum atomic E-state index is -4.48. The zero-order chi connectivity index (χ0) is 15.9. The van der Waals surface area contributed by atoms with Crippen molar-refractivity contribution in [1.29, 1.82) is 0 Å². The van der Waals surface area contributed by atoms with Crippen LogP contribution in [-0.2, 0) is 14.3 Å². The summed E-state index contributed by atoms with van der Waals surface area (Å²) in [5.41, 5.74) is 0. The molecule has 0 aromatic heterocycles. The van der Waals surface area contributed by atoms with Gasteiger partial charge in [-0.25, -0.2) is 0 Å². The average molecular weight is 298 g/mol. The van der Waals surface area contributed by atoms with E-state index < -0.39 is 24.8 Å². The molecule has 0 bridgehead atoms. The van der Waals surface area contributed by atoms with Crippen LogP contribution in [0.5, 0.6) is 0 Å². The van der Waals surface area contributed by atoms with Gasteiger partial charge in [-0.2, -0.15) is 13.2 Å². The van der Waals surface area contributed by atoms with Gasteiger partial charge in [-0.1, -0.05) is 0 Å². The molecule has 2 amide bonds. The molecule has 5 nitrogen and oxygen atoms in total. The molecule has 0 N–H and O–H groups in total. The van der Waals surface area contributed by atoms with Gasteiger partial charge in [0, 0.05) is 20.1 Å². The van der Waals surface area contributed by atoms with Gasteiger partial charge in [0.1, 0.15) is 12.7 Å². The predicted molar refractivity (Wildman–Crippen MR) is 67.0 cm³/mol. The van der Waals surface area contributed by atoms with E-state index in [0.717, 1.165) is 4.90 Å². The van der Waals surface area contributed by atoms with Crippen LogP contribution in [0, 0.1) is 0 Å². The second-order valence-electron chi connectivity index (χ2n) is 4.33. The van der Waals surface area contributed by atoms with Gasteiger partial charge in [-0.05, 0) is 20.8 Å². The van der Waals surface area contributed by atoms with E-state index in [-0.39, 0.29) is 12.5 Å². The average Bonchev–Trinajstić information content (AvgIpc) is 2.35. The van der Waals surface area contributed by atoms with Crippen LogP contribution in [0.15, 0.2) is 0 Å². The second-order valence-corrected chi connectivity index (χ2v) is 4.33. The molecule has 0 saturated carbocycles. The van der Waals surface area contributed by atoms with Crippen molar-refractivity contribution in [3.8, 4) is 0 Å². The first-order valence-corrected chi connectivity index (χ1v) is 6.33. The smallest absolute Gasteiger partial charge is 0.359 e. The minimum Gasteiger partial charge on any atom is -0.359 e. The van der Waals surface area contributed by atoms with Crippen LogP contribution in [0.3, 0.4) is 0 Å². The lowest BCUT2D eigenvalue weighted by Crippen LogP contribution is -2.44. The second kappa shape index (κ2) is 8.08. The van der Waals surface area contributed by atoms with Crippen molar-refractivity contribution >= 4 is 11.8 Å². The molecule has 1 unspecified atom stereocenters. The minimum absolute atomic E-state index is 0.180. The van der Waals surface area contributed by atoms with Crippen molar-refractivity contribution in [3.05, 3.63) is 0 Å². The summed E-state index contributed by atoms with van der Waals surface area (Å²) in [6.07, 6.45) is -5.73. The zero-order valence-corrected chi connectivity index (χ0v) is 12.2. The Labute approximate surface area is 116 Å². The molecular weight excluding hydrogens is 277 g/mol. The standard InChI is InChI=1S/C12H21F3N2O3/c1-5-17(6-2)10(18)7-16(4)11(19)9(3)20-8-12(13,14)15/h9H,5-8H2,1-4H3. The van der Waals surface area contributed by atoms with Crippen molar-refractivity contribution in [2.75, 3.05) is 33.3 Å². The molecule has 118 valence electrons. The number of carbonyl (C=O) groups is 2. The van der Waals surface area contributed by atoms with Gasteiger partial charge in [0.25, 0.3) is 5.91 Å². The predicted octanol–water partition coefficient (Wildman–Crippen LogP) is 1.28. The summed E-state index contributed by atoms with van der Waals surface area (Å²) in [6.45, 7) is 4.19. The van der Waals surface area contributed by atoms with Gasteiger partial charge in [0.15, 0.2) is 0 Å². The number of alkyl halides is 3. The van der Waals surface area contributed by atoms with E-state index in [9.17, 15) is 22.8 Å². The van der Waals surface area contributed by atoms with Crippen LogP contribution in [0.25, 0.3) is 0 Å². The maximum atomic E-state index is 12.0. The summed E-state index contributed by atoms with van der Waals surface area (Å²) >= 11 is 0. The lowest BCUT2D eigenvalue weighted by Gasteiger charge is -2.25. The van der Waals surface area contributed by atoms with Crippen LogP contribution in [0.2, 0.25) is 0 Å². The van der Waals surface area contributed by atoms with E-state index in [1.807, 2.05) is 0 Å². The molecule has 20 heavy (non-hydrogen) atoms. The van der Waals surface area contributed by atoms with Crippen LogP contribution in [0.1, 0.15) is 20.8 Å². The van der Waals surface area contributed by atoms with E-state index >= 15 is 0 Å². The first-order valence-electron chi connectivity index (χ1n) is 6.33. The van der Waals surface area contributed by atoms with Crippen molar-refractivity contribution in [1.82, 2.24) is 9.80 Å². The molecule has 0 radical (unpaired) electrons. The Morgan fingerprint density at radius 3 is 2.10 bits per heavy atom. The summed E-state index contributed by atoms with van der Waals surface area (Å²) in [5, 5.41) is 0. The van der Waals surface area contributed by atoms with Crippen molar-refractivity contribution < 1.29 is 27.5 Å². The SMILES string of the molecule is CCN(CC)C(=O)CN(C)C(=O)C(C)OCC(F)(F)F. The molecule has 0 aliphatic heterocycles. The molecule has 0 aromatic rings. The number of hydrogen-bond donors (Lipinski definition) is 0. The summed E-state index contributed by atoms with van der Waals surface area (Å²) in [4.78, 5) is 26.1. The third kappa shape index (κ3) is 6.74. The van der Waals surface area contributed by atoms with Gasteiger partial charge in [0.2, 0.25) is 5.91 Å². The fraction of sp³-hybridized carbons (Fsp3) is 0.833. The molecule has 0 aliphatic carbocycles. The highest BCUT2D eigenvalue weighted by Gasteiger charge is 2.31. The van der Waals surface area contributed by atoms with Gasteiger partial charge in [-0.15, -0.1) is 0 Å². The number of halogens is 3.